The number of carboxylic acid groups (broad SMARTS) is 1. The molecule has 2 saturated heterocycles. The van der Waals surface area contributed by atoms with Gasteiger partial charge in [0.25, 0.3) is 0 Å². The number of amides is 2. The molecular formula is C15H24N2O3. The van der Waals surface area contributed by atoms with Gasteiger partial charge in [-0.05, 0) is 44.4 Å². The number of carbonyl (C=O) groups excluding carboxylic acids is 1. The van der Waals surface area contributed by atoms with Crippen LogP contribution in [0.5, 0.6) is 0 Å². The number of rotatable bonds is 1. The summed E-state index contributed by atoms with van der Waals surface area (Å²) in [6.07, 6.45) is 8.53. The van der Waals surface area contributed by atoms with Crippen LogP contribution in [0.2, 0.25) is 0 Å². The van der Waals surface area contributed by atoms with Crippen LogP contribution in [0.1, 0.15) is 51.4 Å². The van der Waals surface area contributed by atoms with Gasteiger partial charge < -0.3 is 14.9 Å². The highest BCUT2D eigenvalue weighted by molar-refractivity contribution is 5.83. The van der Waals surface area contributed by atoms with E-state index in [2.05, 4.69) is 0 Å². The molecule has 1 N–H and O–H groups in total. The summed E-state index contributed by atoms with van der Waals surface area (Å²) in [5.74, 6) is -0.208. The number of hydrogen-bond acceptors (Lipinski definition) is 2. The highest BCUT2D eigenvalue weighted by Crippen LogP contribution is 2.36. The van der Waals surface area contributed by atoms with Gasteiger partial charge in [-0.15, -0.1) is 0 Å². The quantitative estimate of drug-likeness (QED) is 0.801. The molecule has 3 atom stereocenters. The summed E-state index contributed by atoms with van der Waals surface area (Å²) in [4.78, 5) is 27.6. The Balaban J connectivity index is 1.73. The van der Waals surface area contributed by atoms with Crippen LogP contribution >= 0.6 is 0 Å². The molecule has 5 nitrogen and oxygen atoms in total. The van der Waals surface area contributed by atoms with E-state index in [0.29, 0.717) is 24.9 Å². The summed E-state index contributed by atoms with van der Waals surface area (Å²) in [5.41, 5.74) is 0. The molecule has 0 radical (unpaired) electrons. The molecule has 2 heterocycles. The molecule has 1 aliphatic carbocycles. The largest absolute Gasteiger partial charge is 0.480 e. The lowest BCUT2D eigenvalue weighted by atomic mass is 9.78. The minimum atomic E-state index is -0.854. The van der Waals surface area contributed by atoms with Crippen LogP contribution in [0.25, 0.3) is 0 Å². The van der Waals surface area contributed by atoms with Crippen molar-refractivity contribution in [1.29, 1.82) is 0 Å². The van der Waals surface area contributed by atoms with Crippen molar-refractivity contribution in [2.75, 3.05) is 13.1 Å². The van der Waals surface area contributed by atoms with Gasteiger partial charge >= 0.3 is 12.0 Å². The zero-order valence-corrected chi connectivity index (χ0v) is 12.0. The highest BCUT2D eigenvalue weighted by atomic mass is 16.4. The first-order chi connectivity index (χ1) is 9.68. The molecule has 0 spiro atoms. The van der Waals surface area contributed by atoms with Crippen LogP contribution in [0, 0.1) is 5.92 Å². The molecule has 3 aliphatic rings. The van der Waals surface area contributed by atoms with E-state index in [9.17, 15) is 14.7 Å². The first kappa shape index (κ1) is 13.7. The topological polar surface area (TPSA) is 60.9 Å². The van der Waals surface area contributed by atoms with Crippen LogP contribution in [-0.2, 0) is 4.79 Å². The van der Waals surface area contributed by atoms with Gasteiger partial charge in [0.2, 0.25) is 0 Å². The second-order valence-electron chi connectivity index (χ2n) is 6.42. The molecule has 0 unspecified atom stereocenters. The van der Waals surface area contributed by atoms with Crippen LogP contribution < -0.4 is 0 Å². The van der Waals surface area contributed by atoms with Crippen molar-refractivity contribution in [1.82, 2.24) is 9.80 Å². The van der Waals surface area contributed by atoms with Crippen molar-refractivity contribution >= 4 is 12.0 Å². The van der Waals surface area contributed by atoms with Gasteiger partial charge in [-0.1, -0.05) is 12.8 Å². The van der Waals surface area contributed by atoms with E-state index in [1.165, 1.54) is 25.7 Å². The van der Waals surface area contributed by atoms with Crippen molar-refractivity contribution in [3.8, 4) is 0 Å². The number of aliphatic carboxylic acids is 1. The SMILES string of the molecule is O=C(O)[C@H]1CCCN1C(=O)N1CCC[C@H]2CCCC[C@H]21. The third kappa shape index (κ3) is 2.38. The number of urea groups is 1. The molecule has 20 heavy (non-hydrogen) atoms. The predicted octanol–water partition coefficient (Wildman–Crippen LogP) is 2.31. The van der Waals surface area contributed by atoms with E-state index in [1.807, 2.05) is 4.90 Å². The maximum atomic E-state index is 12.8. The average Bonchev–Trinajstić information content (AvgIpc) is 2.95. The summed E-state index contributed by atoms with van der Waals surface area (Å²) in [7, 11) is 0. The van der Waals surface area contributed by atoms with Gasteiger partial charge in [-0.2, -0.15) is 0 Å². The summed E-state index contributed by atoms with van der Waals surface area (Å²) in [6.45, 7) is 1.41. The Morgan fingerprint density at radius 3 is 2.30 bits per heavy atom. The number of fused-ring (bicyclic) bond motifs is 1. The molecule has 5 heteroatoms. The van der Waals surface area contributed by atoms with Gasteiger partial charge in [-0.3, -0.25) is 0 Å². The molecule has 2 amide bonds. The third-order valence-corrected chi connectivity index (χ3v) is 5.27. The second-order valence-corrected chi connectivity index (χ2v) is 6.42. The van der Waals surface area contributed by atoms with Crippen LogP contribution in [0.4, 0.5) is 4.79 Å². The summed E-state index contributed by atoms with van der Waals surface area (Å²) < 4.78 is 0. The Morgan fingerprint density at radius 1 is 0.850 bits per heavy atom. The maximum Gasteiger partial charge on any atom is 0.326 e. The number of nitrogens with zero attached hydrogens (tertiary/aromatic N) is 2. The molecule has 3 fully saturated rings. The molecule has 3 rings (SSSR count). The first-order valence-corrected chi connectivity index (χ1v) is 7.98. The number of piperidine rings is 1. The Bertz CT molecular complexity index is 397. The number of hydrogen-bond donors (Lipinski definition) is 1. The second kappa shape index (κ2) is 5.62. The first-order valence-electron chi connectivity index (χ1n) is 7.98. The number of carbonyl (C=O) groups is 2. The fourth-order valence-corrected chi connectivity index (χ4v) is 4.28. The fourth-order valence-electron chi connectivity index (χ4n) is 4.28. The van der Waals surface area contributed by atoms with Gasteiger partial charge in [0, 0.05) is 19.1 Å². The number of likely N-dealkylation sites (tertiary alicyclic amines) is 2. The van der Waals surface area contributed by atoms with E-state index in [-0.39, 0.29) is 6.03 Å². The molecule has 0 aromatic rings. The van der Waals surface area contributed by atoms with E-state index in [0.717, 1.165) is 25.8 Å². The van der Waals surface area contributed by atoms with E-state index in [1.54, 1.807) is 4.90 Å². The molecule has 0 aromatic carbocycles. The van der Waals surface area contributed by atoms with Crippen LogP contribution in [-0.4, -0.2) is 52.1 Å². The Hall–Kier alpha value is -1.26. The summed E-state index contributed by atoms with van der Waals surface area (Å²) in [5, 5.41) is 9.25. The lowest BCUT2D eigenvalue weighted by Crippen LogP contribution is -2.56. The molecule has 0 bridgehead atoms. The maximum absolute atomic E-state index is 12.8. The lowest BCUT2D eigenvalue weighted by molar-refractivity contribution is -0.141. The fraction of sp³-hybridized carbons (Fsp3) is 0.867. The minimum Gasteiger partial charge on any atom is -0.480 e. The Morgan fingerprint density at radius 2 is 1.50 bits per heavy atom. The summed E-state index contributed by atoms with van der Waals surface area (Å²) in [6, 6.07) is -0.266. The average molecular weight is 280 g/mol. The molecule has 2 aliphatic heterocycles. The standard InChI is InChI=1S/C15H24N2O3/c18-14(19)13-8-4-10-17(13)15(20)16-9-3-6-11-5-1-2-7-12(11)16/h11-13H,1-10H2,(H,18,19)/t11-,12-,13-/m1/s1. The van der Waals surface area contributed by atoms with Gasteiger partial charge in [0.15, 0.2) is 0 Å². The third-order valence-electron chi connectivity index (χ3n) is 5.27. The van der Waals surface area contributed by atoms with Gasteiger partial charge in [0.05, 0.1) is 0 Å². The molecular weight excluding hydrogens is 256 g/mol. The normalized spacial score (nSPS) is 33.9. The zero-order valence-electron chi connectivity index (χ0n) is 12.0. The van der Waals surface area contributed by atoms with Crippen molar-refractivity contribution in [2.45, 2.75) is 63.5 Å². The molecule has 112 valence electrons. The van der Waals surface area contributed by atoms with Gasteiger partial charge in [0.1, 0.15) is 6.04 Å². The van der Waals surface area contributed by atoms with Crippen LogP contribution in [0.3, 0.4) is 0 Å². The van der Waals surface area contributed by atoms with Gasteiger partial charge in [-0.25, -0.2) is 9.59 Å². The predicted molar refractivity (Wildman–Crippen MR) is 74.4 cm³/mol. The molecule has 0 aromatic heterocycles. The van der Waals surface area contributed by atoms with Crippen molar-refractivity contribution in [3.63, 3.8) is 0 Å². The van der Waals surface area contributed by atoms with Crippen LogP contribution in [0.15, 0.2) is 0 Å². The monoisotopic (exact) mass is 280 g/mol. The number of carboxylic acids is 1. The van der Waals surface area contributed by atoms with E-state index in [4.69, 9.17) is 0 Å². The molecule has 1 saturated carbocycles. The van der Waals surface area contributed by atoms with E-state index < -0.39 is 12.0 Å². The zero-order chi connectivity index (χ0) is 14.1. The lowest BCUT2D eigenvalue weighted by Gasteiger charge is -2.45. The smallest absolute Gasteiger partial charge is 0.326 e. The highest BCUT2D eigenvalue weighted by Gasteiger charge is 2.41. The van der Waals surface area contributed by atoms with E-state index >= 15 is 0 Å². The van der Waals surface area contributed by atoms with Crippen molar-refractivity contribution in [2.24, 2.45) is 5.92 Å². The Labute approximate surface area is 119 Å². The van der Waals surface area contributed by atoms with Crippen molar-refractivity contribution < 1.29 is 14.7 Å². The minimum absolute atomic E-state index is 0.0218. The van der Waals surface area contributed by atoms with Crippen molar-refractivity contribution in [3.05, 3.63) is 0 Å². The Kier molecular flexibility index (Phi) is 3.85. The summed E-state index contributed by atoms with van der Waals surface area (Å²) >= 11 is 0.